The predicted molar refractivity (Wildman–Crippen MR) is 38.9 cm³/mol. The van der Waals surface area contributed by atoms with Gasteiger partial charge in [0.25, 0.3) is 0 Å². The van der Waals surface area contributed by atoms with Crippen LogP contribution in [0.3, 0.4) is 0 Å². The minimum Gasteiger partial charge on any atom is -0.478 e. The van der Waals surface area contributed by atoms with Crippen molar-refractivity contribution < 1.29 is 9.90 Å². The van der Waals surface area contributed by atoms with Crippen LogP contribution in [0.15, 0.2) is 11.6 Å². The number of allylic oxidation sites excluding steroid dienone is 1. The Balaban J connectivity index is 0. The van der Waals surface area contributed by atoms with Crippen LogP contribution in [-0.2, 0) is 4.79 Å². The molecular formula is C6H11ClO2. The van der Waals surface area contributed by atoms with Gasteiger partial charge < -0.3 is 5.11 Å². The van der Waals surface area contributed by atoms with Gasteiger partial charge in [-0.05, 0) is 13.3 Å². The minimum absolute atomic E-state index is 0. The first kappa shape index (κ1) is 11.3. The lowest BCUT2D eigenvalue weighted by atomic mass is 10.2. The van der Waals surface area contributed by atoms with E-state index in [4.69, 9.17) is 5.11 Å². The third-order valence-electron chi connectivity index (χ3n) is 0.848. The van der Waals surface area contributed by atoms with E-state index < -0.39 is 5.97 Å². The fourth-order valence-corrected chi connectivity index (χ4v) is 0.393. The van der Waals surface area contributed by atoms with Crippen LogP contribution in [0.1, 0.15) is 20.3 Å². The zero-order chi connectivity index (χ0) is 6.57. The molecule has 0 unspecified atom stereocenters. The molecule has 0 saturated heterocycles. The highest BCUT2D eigenvalue weighted by molar-refractivity contribution is 5.85. The number of carboxylic acids is 1. The lowest BCUT2D eigenvalue weighted by Crippen LogP contribution is -1.94. The van der Waals surface area contributed by atoms with Crippen LogP contribution in [0.25, 0.3) is 0 Å². The molecule has 0 aliphatic rings. The third kappa shape index (κ3) is 5.37. The second-order valence-electron chi connectivity index (χ2n) is 1.60. The fraction of sp³-hybridized carbons (Fsp3) is 0.500. The highest BCUT2D eigenvalue weighted by Crippen LogP contribution is 1.92. The van der Waals surface area contributed by atoms with E-state index in [-0.39, 0.29) is 12.4 Å². The molecule has 0 aliphatic carbocycles. The number of carbonyl (C=O) groups is 1. The van der Waals surface area contributed by atoms with Crippen LogP contribution < -0.4 is 0 Å². The average molecular weight is 151 g/mol. The summed E-state index contributed by atoms with van der Waals surface area (Å²) < 4.78 is 0. The Labute approximate surface area is 61.0 Å². The molecule has 3 heteroatoms. The number of hydrogen-bond acceptors (Lipinski definition) is 1. The molecule has 9 heavy (non-hydrogen) atoms. The maximum Gasteiger partial charge on any atom is 0.330 e. The van der Waals surface area contributed by atoms with E-state index in [1.807, 2.05) is 6.92 Å². The van der Waals surface area contributed by atoms with Gasteiger partial charge in [0.05, 0.1) is 0 Å². The summed E-state index contributed by atoms with van der Waals surface area (Å²) in [7, 11) is 0. The van der Waals surface area contributed by atoms with Crippen molar-refractivity contribution in [3.05, 3.63) is 11.6 Å². The maximum absolute atomic E-state index is 10.0. The van der Waals surface area contributed by atoms with Crippen molar-refractivity contribution in [2.75, 3.05) is 0 Å². The number of aliphatic carboxylic acids is 1. The molecule has 0 saturated carbocycles. The summed E-state index contributed by atoms with van der Waals surface area (Å²) in [6.45, 7) is 3.50. The SMILES string of the molecule is CCC=C(C)C(=O)O.Cl. The standard InChI is InChI=1S/C6H10O2.ClH/c1-3-4-5(2)6(7)8;/h4H,3H2,1-2H3,(H,7,8);1H. The van der Waals surface area contributed by atoms with Gasteiger partial charge in [0, 0.05) is 5.57 Å². The molecule has 2 nitrogen and oxygen atoms in total. The van der Waals surface area contributed by atoms with E-state index in [0.29, 0.717) is 5.57 Å². The normalized spacial score (nSPS) is 10.2. The summed E-state index contributed by atoms with van der Waals surface area (Å²) in [5, 5.41) is 8.24. The van der Waals surface area contributed by atoms with E-state index >= 15 is 0 Å². The predicted octanol–water partition coefficient (Wildman–Crippen LogP) is 1.85. The summed E-state index contributed by atoms with van der Waals surface area (Å²) in [5.74, 6) is -0.827. The van der Waals surface area contributed by atoms with E-state index in [1.54, 1.807) is 13.0 Å². The summed E-state index contributed by atoms with van der Waals surface area (Å²) in [6, 6.07) is 0. The van der Waals surface area contributed by atoms with Crippen LogP contribution in [0.5, 0.6) is 0 Å². The average Bonchev–Trinajstić information content (AvgIpc) is 1.67. The maximum atomic E-state index is 10.0. The van der Waals surface area contributed by atoms with Gasteiger partial charge in [-0.2, -0.15) is 0 Å². The molecule has 0 radical (unpaired) electrons. The number of hydrogen-bond donors (Lipinski definition) is 1. The number of halogens is 1. The Hall–Kier alpha value is -0.500. The van der Waals surface area contributed by atoms with Crippen molar-refractivity contribution in [1.29, 1.82) is 0 Å². The van der Waals surface area contributed by atoms with E-state index in [0.717, 1.165) is 6.42 Å². The van der Waals surface area contributed by atoms with Gasteiger partial charge in [-0.3, -0.25) is 0 Å². The molecule has 0 rings (SSSR count). The van der Waals surface area contributed by atoms with Crippen molar-refractivity contribution in [3.63, 3.8) is 0 Å². The Bertz CT molecular complexity index is 118. The van der Waals surface area contributed by atoms with Crippen molar-refractivity contribution in [1.82, 2.24) is 0 Å². The van der Waals surface area contributed by atoms with Gasteiger partial charge in [-0.25, -0.2) is 4.79 Å². The quantitative estimate of drug-likeness (QED) is 0.610. The lowest BCUT2D eigenvalue weighted by molar-refractivity contribution is -0.132. The van der Waals surface area contributed by atoms with Gasteiger partial charge in [-0.15, -0.1) is 12.4 Å². The first-order chi connectivity index (χ1) is 3.68. The summed E-state index contributed by atoms with van der Waals surface area (Å²) in [5.41, 5.74) is 0.424. The molecule has 0 bridgehead atoms. The zero-order valence-corrected chi connectivity index (χ0v) is 6.36. The molecule has 0 amide bonds. The molecule has 0 aromatic heterocycles. The van der Waals surface area contributed by atoms with Crippen LogP contribution in [0.4, 0.5) is 0 Å². The Morgan fingerprint density at radius 3 is 2.22 bits per heavy atom. The fourth-order valence-electron chi connectivity index (χ4n) is 0.393. The molecule has 0 aromatic carbocycles. The van der Waals surface area contributed by atoms with Gasteiger partial charge in [-0.1, -0.05) is 13.0 Å². The summed E-state index contributed by atoms with van der Waals surface area (Å²) >= 11 is 0. The Morgan fingerprint density at radius 1 is 1.67 bits per heavy atom. The smallest absolute Gasteiger partial charge is 0.330 e. The van der Waals surface area contributed by atoms with Gasteiger partial charge in [0.1, 0.15) is 0 Å². The topological polar surface area (TPSA) is 37.3 Å². The van der Waals surface area contributed by atoms with Gasteiger partial charge >= 0.3 is 5.97 Å². The molecule has 54 valence electrons. The molecule has 0 spiro atoms. The number of rotatable bonds is 2. The monoisotopic (exact) mass is 150 g/mol. The molecule has 0 atom stereocenters. The first-order valence-electron chi connectivity index (χ1n) is 2.58. The largest absolute Gasteiger partial charge is 0.478 e. The second kappa shape index (κ2) is 5.63. The minimum atomic E-state index is -0.827. The van der Waals surface area contributed by atoms with Gasteiger partial charge in [0.15, 0.2) is 0 Å². The number of carboxylic acid groups (broad SMARTS) is 1. The molecule has 0 fully saturated rings. The summed E-state index contributed by atoms with van der Waals surface area (Å²) in [6.07, 6.45) is 2.47. The Kier molecular flexibility index (Phi) is 7.08. The molecular weight excluding hydrogens is 140 g/mol. The molecule has 1 N–H and O–H groups in total. The third-order valence-corrected chi connectivity index (χ3v) is 0.848. The van der Waals surface area contributed by atoms with Crippen molar-refractivity contribution in [2.24, 2.45) is 0 Å². The van der Waals surface area contributed by atoms with E-state index in [9.17, 15) is 4.79 Å². The highest BCUT2D eigenvalue weighted by atomic mass is 35.5. The van der Waals surface area contributed by atoms with Crippen molar-refractivity contribution >= 4 is 18.4 Å². The van der Waals surface area contributed by atoms with E-state index in [2.05, 4.69) is 0 Å². The van der Waals surface area contributed by atoms with Crippen molar-refractivity contribution in [2.45, 2.75) is 20.3 Å². The van der Waals surface area contributed by atoms with E-state index in [1.165, 1.54) is 0 Å². The lowest BCUT2D eigenvalue weighted by Gasteiger charge is -1.87. The van der Waals surface area contributed by atoms with Crippen LogP contribution in [-0.4, -0.2) is 11.1 Å². The molecule has 0 heterocycles. The van der Waals surface area contributed by atoms with Crippen LogP contribution in [0, 0.1) is 0 Å². The van der Waals surface area contributed by atoms with Crippen molar-refractivity contribution in [3.8, 4) is 0 Å². The summed E-state index contributed by atoms with van der Waals surface area (Å²) in [4.78, 5) is 10.0. The zero-order valence-electron chi connectivity index (χ0n) is 5.55. The van der Waals surface area contributed by atoms with Gasteiger partial charge in [0.2, 0.25) is 0 Å². The second-order valence-corrected chi connectivity index (χ2v) is 1.60. The van der Waals surface area contributed by atoms with Crippen LogP contribution in [0.2, 0.25) is 0 Å². The first-order valence-corrected chi connectivity index (χ1v) is 2.58. The molecule has 0 aromatic rings. The highest BCUT2D eigenvalue weighted by Gasteiger charge is 1.94. The molecule has 0 aliphatic heterocycles. The van der Waals surface area contributed by atoms with Crippen LogP contribution >= 0.6 is 12.4 Å². The Morgan fingerprint density at radius 2 is 2.11 bits per heavy atom.